The van der Waals surface area contributed by atoms with Crippen LogP contribution in [0.2, 0.25) is 0 Å². The summed E-state index contributed by atoms with van der Waals surface area (Å²) in [4.78, 5) is 11.9. The standard InChI is InChI=1S/C20H18IO3/c22-20-17-10-12-9-16(17)19(24-20)18(12)23-15-8-4-7-14(11-15)21-13-5-2-1-3-6-13/h1-8,11-12,16-19H,9-10H2/q-1. The van der Waals surface area contributed by atoms with Crippen LogP contribution in [-0.4, -0.2) is 18.2 Å². The van der Waals surface area contributed by atoms with E-state index in [1.165, 1.54) is 7.14 Å². The summed E-state index contributed by atoms with van der Waals surface area (Å²) in [7, 11) is 0. The van der Waals surface area contributed by atoms with Crippen molar-refractivity contribution in [3.8, 4) is 5.75 Å². The van der Waals surface area contributed by atoms with E-state index in [9.17, 15) is 4.79 Å². The summed E-state index contributed by atoms with van der Waals surface area (Å²) in [6, 6.07) is 19.1. The molecule has 5 rings (SSSR count). The molecule has 2 bridgehead atoms. The van der Waals surface area contributed by atoms with Gasteiger partial charge in [-0.25, -0.2) is 0 Å². The van der Waals surface area contributed by atoms with E-state index in [0.717, 1.165) is 18.6 Å². The zero-order valence-electron chi connectivity index (χ0n) is 13.1. The molecule has 2 aromatic rings. The van der Waals surface area contributed by atoms with Gasteiger partial charge < -0.3 is 0 Å². The van der Waals surface area contributed by atoms with Crippen molar-refractivity contribution in [3.63, 3.8) is 0 Å². The average Bonchev–Trinajstić information content (AvgIpc) is 3.21. The van der Waals surface area contributed by atoms with Gasteiger partial charge in [0.1, 0.15) is 0 Å². The van der Waals surface area contributed by atoms with E-state index in [1.54, 1.807) is 0 Å². The first-order valence-electron chi connectivity index (χ1n) is 8.45. The van der Waals surface area contributed by atoms with E-state index in [-0.39, 0.29) is 45.3 Å². The number of rotatable bonds is 4. The van der Waals surface area contributed by atoms with Gasteiger partial charge in [-0.3, -0.25) is 0 Å². The third-order valence-corrected chi connectivity index (χ3v) is 8.07. The van der Waals surface area contributed by atoms with E-state index >= 15 is 0 Å². The molecule has 1 heterocycles. The van der Waals surface area contributed by atoms with Gasteiger partial charge in [-0.15, -0.1) is 0 Å². The maximum atomic E-state index is 11.9. The topological polar surface area (TPSA) is 35.5 Å². The Bertz CT molecular complexity index is 775. The molecule has 0 radical (unpaired) electrons. The Kier molecular flexibility index (Phi) is 3.54. The quantitative estimate of drug-likeness (QED) is 0.509. The van der Waals surface area contributed by atoms with E-state index in [0.29, 0.717) is 11.8 Å². The molecule has 124 valence electrons. The summed E-state index contributed by atoms with van der Waals surface area (Å²) < 4.78 is 14.7. The summed E-state index contributed by atoms with van der Waals surface area (Å²) in [5.74, 6) is 1.94. The first-order valence-corrected chi connectivity index (χ1v) is 10.6. The van der Waals surface area contributed by atoms with Gasteiger partial charge in [-0.1, -0.05) is 0 Å². The number of carbonyl (C=O) groups excluding carboxylic acids is 1. The predicted octanol–water partition coefficient (Wildman–Crippen LogP) is 0.144. The Hall–Kier alpha value is -1.56. The summed E-state index contributed by atoms with van der Waals surface area (Å²) in [5, 5.41) is 0. The molecule has 2 aliphatic carbocycles. The van der Waals surface area contributed by atoms with Gasteiger partial charge in [-0.05, 0) is 0 Å². The van der Waals surface area contributed by atoms with Crippen LogP contribution >= 0.6 is 0 Å². The molecule has 0 aromatic heterocycles. The molecular weight excluding hydrogens is 415 g/mol. The number of benzene rings is 2. The summed E-state index contributed by atoms with van der Waals surface area (Å²) in [6.45, 7) is 0. The zero-order chi connectivity index (χ0) is 16.1. The Morgan fingerprint density at radius 2 is 1.83 bits per heavy atom. The second-order valence-electron chi connectivity index (χ2n) is 6.83. The fraction of sp³-hybridized carbons (Fsp3) is 0.350. The second-order valence-corrected chi connectivity index (χ2v) is 9.86. The first-order chi connectivity index (χ1) is 11.8. The first kappa shape index (κ1) is 14.8. The number of fused-ring (bicyclic) bond motifs is 1. The molecule has 2 saturated carbocycles. The van der Waals surface area contributed by atoms with Crippen LogP contribution in [0.15, 0.2) is 54.6 Å². The second kappa shape index (κ2) is 5.76. The van der Waals surface area contributed by atoms with Crippen LogP contribution in [0.5, 0.6) is 5.75 Å². The van der Waals surface area contributed by atoms with Gasteiger partial charge in [0.25, 0.3) is 0 Å². The molecule has 3 nitrogen and oxygen atoms in total. The van der Waals surface area contributed by atoms with Crippen LogP contribution < -0.4 is 25.9 Å². The van der Waals surface area contributed by atoms with Crippen LogP contribution in [0.3, 0.4) is 0 Å². The molecule has 0 N–H and O–H groups in total. The third-order valence-electron chi connectivity index (χ3n) is 5.43. The van der Waals surface area contributed by atoms with Crippen LogP contribution in [0.25, 0.3) is 0 Å². The summed E-state index contributed by atoms with van der Waals surface area (Å²) in [5.41, 5.74) is 0. The van der Waals surface area contributed by atoms with Crippen LogP contribution in [0, 0.1) is 24.9 Å². The van der Waals surface area contributed by atoms with Gasteiger partial charge in [0, 0.05) is 0 Å². The number of ether oxygens (including phenoxy) is 2. The van der Waals surface area contributed by atoms with Crippen molar-refractivity contribution in [2.45, 2.75) is 25.0 Å². The number of halogens is 1. The summed E-state index contributed by atoms with van der Waals surface area (Å²) >= 11 is -0.193. The molecule has 0 spiro atoms. The fourth-order valence-electron chi connectivity index (χ4n) is 4.42. The van der Waals surface area contributed by atoms with Crippen molar-refractivity contribution in [1.82, 2.24) is 0 Å². The van der Waals surface area contributed by atoms with Crippen molar-refractivity contribution >= 4 is 5.97 Å². The average molecular weight is 433 g/mol. The molecule has 2 aromatic carbocycles. The number of hydrogen-bond acceptors (Lipinski definition) is 3. The monoisotopic (exact) mass is 433 g/mol. The molecule has 4 heteroatoms. The molecule has 3 aliphatic rings. The maximum absolute atomic E-state index is 11.9. The molecule has 3 fully saturated rings. The van der Waals surface area contributed by atoms with Crippen LogP contribution in [0.4, 0.5) is 0 Å². The molecule has 1 saturated heterocycles. The Labute approximate surface area is 151 Å². The Morgan fingerprint density at radius 3 is 2.71 bits per heavy atom. The van der Waals surface area contributed by atoms with Crippen molar-refractivity contribution in [3.05, 3.63) is 61.7 Å². The molecule has 0 amide bonds. The molecule has 1 aliphatic heterocycles. The van der Waals surface area contributed by atoms with Gasteiger partial charge in [0.15, 0.2) is 0 Å². The van der Waals surface area contributed by atoms with E-state index in [1.807, 2.05) is 6.07 Å². The zero-order valence-corrected chi connectivity index (χ0v) is 15.3. The molecule has 24 heavy (non-hydrogen) atoms. The normalized spacial score (nSPS) is 33.0. The van der Waals surface area contributed by atoms with Gasteiger partial charge >= 0.3 is 152 Å². The van der Waals surface area contributed by atoms with Crippen molar-refractivity contribution < 1.29 is 35.5 Å². The Balaban J connectivity index is 1.33. The van der Waals surface area contributed by atoms with Crippen LogP contribution in [-0.2, 0) is 9.53 Å². The number of carbonyl (C=O) groups is 1. The van der Waals surface area contributed by atoms with E-state index in [2.05, 4.69) is 48.5 Å². The molecule has 5 unspecified atom stereocenters. The van der Waals surface area contributed by atoms with Crippen molar-refractivity contribution in [2.75, 3.05) is 0 Å². The Morgan fingerprint density at radius 1 is 1.00 bits per heavy atom. The third kappa shape index (κ3) is 2.42. The van der Waals surface area contributed by atoms with Gasteiger partial charge in [0.2, 0.25) is 0 Å². The van der Waals surface area contributed by atoms with Crippen LogP contribution in [0.1, 0.15) is 12.8 Å². The van der Waals surface area contributed by atoms with E-state index in [4.69, 9.17) is 9.47 Å². The SMILES string of the molecule is O=C1OC2C3CC(CC13)C2Oc1cccc([I-]c2ccccc2)c1. The van der Waals surface area contributed by atoms with Gasteiger partial charge in [0.05, 0.1) is 0 Å². The molecule has 5 atom stereocenters. The fourth-order valence-corrected chi connectivity index (χ4v) is 6.77. The van der Waals surface area contributed by atoms with Crippen molar-refractivity contribution in [2.24, 2.45) is 17.8 Å². The van der Waals surface area contributed by atoms with Crippen molar-refractivity contribution in [1.29, 1.82) is 0 Å². The minimum atomic E-state index is -0.193. The molecular formula is C20H18IO3-. The summed E-state index contributed by atoms with van der Waals surface area (Å²) in [6.07, 6.45) is 2.06. The number of hydrogen-bond donors (Lipinski definition) is 0. The number of esters is 1. The predicted molar refractivity (Wildman–Crippen MR) is 84.3 cm³/mol. The van der Waals surface area contributed by atoms with Gasteiger partial charge in [-0.2, -0.15) is 0 Å². The van der Waals surface area contributed by atoms with E-state index < -0.39 is 0 Å². The minimum absolute atomic E-state index is 0.00212.